The van der Waals surface area contributed by atoms with E-state index in [4.69, 9.17) is 10.5 Å². The van der Waals surface area contributed by atoms with Gasteiger partial charge in [-0.15, -0.1) is 0 Å². The second-order valence-corrected chi connectivity index (χ2v) is 5.70. The summed E-state index contributed by atoms with van der Waals surface area (Å²) in [5.74, 6) is 0.0262. The molecule has 4 nitrogen and oxygen atoms in total. The number of nitrogens with one attached hydrogen (secondary N) is 1. The maximum absolute atomic E-state index is 11.8. The van der Waals surface area contributed by atoms with Crippen molar-refractivity contribution < 1.29 is 9.53 Å². The van der Waals surface area contributed by atoms with Gasteiger partial charge in [-0.1, -0.05) is 32.1 Å². The van der Waals surface area contributed by atoms with Crippen LogP contribution in [0.2, 0.25) is 0 Å². The van der Waals surface area contributed by atoms with Crippen molar-refractivity contribution in [1.29, 1.82) is 0 Å². The van der Waals surface area contributed by atoms with Crippen molar-refractivity contribution in [3.05, 3.63) is 0 Å². The van der Waals surface area contributed by atoms with E-state index in [0.717, 1.165) is 25.7 Å². The molecule has 2 atom stereocenters. The van der Waals surface area contributed by atoms with Crippen molar-refractivity contribution >= 4 is 5.91 Å². The SMILES string of the molecule is NC1CCCCCC1OCC(=O)NC1CCCC1. The van der Waals surface area contributed by atoms with E-state index in [-0.39, 0.29) is 24.7 Å². The molecule has 0 radical (unpaired) electrons. The molecule has 18 heavy (non-hydrogen) atoms. The van der Waals surface area contributed by atoms with Crippen molar-refractivity contribution in [2.24, 2.45) is 5.73 Å². The molecule has 2 aliphatic rings. The van der Waals surface area contributed by atoms with Gasteiger partial charge in [-0.2, -0.15) is 0 Å². The molecule has 0 saturated heterocycles. The van der Waals surface area contributed by atoms with Crippen LogP contribution in [-0.4, -0.2) is 30.7 Å². The van der Waals surface area contributed by atoms with Gasteiger partial charge in [0.2, 0.25) is 5.91 Å². The van der Waals surface area contributed by atoms with Gasteiger partial charge in [-0.3, -0.25) is 4.79 Å². The fraction of sp³-hybridized carbons (Fsp3) is 0.929. The van der Waals surface area contributed by atoms with Crippen LogP contribution in [0, 0.1) is 0 Å². The molecule has 0 aliphatic heterocycles. The molecular weight excluding hydrogens is 228 g/mol. The van der Waals surface area contributed by atoms with Crippen molar-refractivity contribution in [3.8, 4) is 0 Å². The predicted molar refractivity (Wildman–Crippen MR) is 71.2 cm³/mol. The molecule has 4 heteroatoms. The van der Waals surface area contributed by atoms with Gasteiger partial charge in [0.1, 0.15) is 6.61 Å². The molecule has 0 spiro atoms. The summed E-state index contributed by atoms with van der Waals surface area (Å²) in [5, 5.41) is 3.04. The number of ether oxygens (including phenoxy) is 1. The smallest absolute Gasteiger partial charge is 0.246 e. The largest absolute Gasteiger partial charge is 0.367 e. The van der Waals surface area contributed by atoms with Gasteiger partial charge in [0.05, 0.1) is 6.10 Å². The van der Waals surface area contributed by atoms with E-state index >= 15 is 0 Å². The first-order valence-electron chi connectivity index (χ1n) is 7.42. The maximum Gasteiger partial charge on any atom is 0.246 e. The van der Waals surface area contributed by atoms with Crippen molar-refractivity contribution in [3.63, 3.8) is 0 Å². The van der Waals surface area contributed by atoms with Gasteiger partial charge in [0.25, 0.3) is 0 Å². The van der Waals surface area contributed by atoms with Gasteiger partial charge < -0.3 is 15.8 Å². The summed E-state index contributed by atoms with van der Waals surface area (Å²) in [6.45, 7) is 0.175. The summed E-state index contributed by atoms with van der Waals surface area (Å²) in [6, 6.07) is 0.482. The molecule has 3 N–H and O–H groups in total. The Labute approximate surface area is 110 Å². The lowest BCUT2D eigenvalue weighted by molar-refractivity contribution is -0.129. The molecule has 0 aromatic rings. The zero-order chi connectivity index (χ0) is 12.8. The van der Waals surface area contributed by atoms with Crippen LogP contribution < -0.4 is 11.1 Å². The lowest BCUT2D eigenvalue weighted by atomic mass is 10.1. The Morgan fingerprint density at radius 3 is 2.50 bits per heavy atom. The number of nitrogens with two attached hydrogens (primary N) is 1. The normalized spacial score (nSPS) is 30.1. The van der Waals surface area contributed by atoms with Crippen molar-refractivity contribution in [1.82, 2.24) is 5.32 Å². The van der Waals surface area contributed by atoms with E-state index in [2.05, 4.69) is 5.32 Å². The first-order valence-corrected chi connectivity index (χ1v) is 7.42. The number of amides is 1. The first kappa shape index (κ1) is 13.8. The van der Waals surface area contributed by atoms with Crippen LogP contribution >= 0.6 is 0 Å². The van der Waals surface area contributed by atoms with Crippen molar-refractivity contribution in [2.45, 2.75) is 76.0 Å². The minimum atomic E-state index is 0.0262. The topological polar surface area (TPSA) is 64.3 Å². The van der Waals surface area contributed by atoms with Crippen LogP contribution in [0.3, 0.4) is 0 Å². The van der Waals surface area contributed by atoms with Gasteiger partial charge in [0.15, 0.2) is 0 Å². The lowest BCUT2D eigenvalue weighted by Gasteiger charge is -2.22. The molecular formula is C14H26N2O2. The average Bonchev–Trinajstić information content (AvgIpc) is 2.76. The zero-order valence-electron chi connectivity index (χ0n) is 11.2. The summed E-state index contributed by atoms with van der Waals surface area (Å²) in [7, 11) is 0. The van der Waals surface area contributed by atoms with Gasteiger partial charge in [0, 0.05) is 12.1 Å². The Morgan fingerprint density at radius 1 is 1.06 bits per heavy atom. The maximum atomic E-state index is 11.8. The summed E-state index contributed by atoms with van der Waals surface area (Å²) in [5.41, 5.74) is 6.07. The van der Waals surface area contributed by atoms with Crippen LogP contribution in [0.1, 0.15) is 57.8 Å². The molecule has 2 rings (SSSR count). The monoisotopic (exact) mass is 254 g/mol. The van der Waals surface area contributed by atoms with E-state index in [1.165, 1.54) is 32.1 Å². The number of carbonyl (C=O) groups is 1. The molecule has 2 saturated carbocycles. The molecule has 1 amide bonds. The minimum absolute atomic E-state index is 0.0262. The summed E-state index contributed by atoms with van der Waals surface area (Å²) in [6.07, 6.45) is 10.4. The zero-order valence-corrected chi connectivity index (χ0v) is 11.2. The van der Waals surface area contributed by atoms with E-state index in [1.807, 2.05) is 0 Å². The third-order valence-electron chi connectivity index (χ3n) is 4.15. The highest BCUT2D eigenvalue weighted by Gasteiger charge is 2.23. The minimum Gasteiger partial charge on any atom is -0.367 e. The second kappa shape index (κ2) is 7.10. The number of rotatable bonds is 4. The number of hydrogen-bond acceptors (Lipinski definition) is 3. The van der Waals surface area contributed by atoms with Crippen LogP contribution in [0.4, 0.5) is 0 Å². The Balaban J connectivity index is 1.67. The summed E-state index contributed by atoms with van der Waals surface area (Å²) >= 11 is 0. The molecule has 0 bridgehead atoms. The summed E-state index contributed by atoms with van der Waals surface area (Å²) < 4.78 is 5.71. The van der Waals surface area contributed by atoms with E-state index < -0.39 is 0 Å². The van der Waals surface area contributed by atoms with Gasteiger partial charge in [-0.05, 0) is 25.7 Å². The number of carbonyl (C=O) groups excluding carboxylic acids is 1. The molecule has 2 fully saturated rings. The van der Waals surface area contributed by atoms with Gasteiger partial charge in [-0.25, -0.2) is 0 Å². The van der Waals surface area contributed by atoms with Crippen LogP contribution in [0.25, 0.3) is 0 Å². The lowest BCUT2D eigenvalue weighted by Crippen LogP contribution is -2.40. The third-order valence-corrected chi connectivity index (χ3v) is 4.15. The Hall–Kier alpha value is -0.610. The van der Waals surface area contributed by atoms with E-state index in [0.29, 0.717) is 6.04 Å². The highest BCUT2D eigenvalue weighted by Crippen LogP contribution is 2.20. The third kappa shape index (κ3) is 4.25. The first-order chi connectivity index (χ1) is 8.75. The van der Waals surface area contributed by atoms with Crippen LogP contribution in [0.15, 0.2) is 0 Å². The predicted octanol–water partition coefficient (Wildman–Crippen LogP) is 1.72. The molecule has 104 valence electrons. The van der Waals surface area contributed by atoms with Crippen molar-refractivity contribution in [2.75, 3.05) is 6.61 Å². The highest BCUT2D eigenvalue weighted by molar-refractivity contribution is 5.77. The van der Waals surface area contributed by atoms with E-state index in [1.54, 1.807) is 0 Å². The van der Waals surface area contributed by atoms with Crippen LogP contribution in [0.5, 0.6) is 0 Å². The summed E-state index contributed by atoms with van der Waals surface area (Å²) in [4.78, 5) is 11.8. The standard InChI is InChI=1S/C14H26N2O2/c15-12-8-2-1-3-9-13(12)18-10-14(17)16-11-6-4-5-7-11/h11-13H,1-10,15H2,(H,16,17). The number of hydrogen-bond donors (Lipinski definition) is 2. The van der Waals surface area contributed by atoms with E-state index in [9.17, 15) is 4.79 Å². The molecule has 0 aromatic heterocycles. The Kier molecular flexibility index (Phi) is 5.45. The molecule has 0 aromatic carbocycles. The quantitative estimate of drug-likeness (QED) is 0.751. The molecule has 2 unspecified atom stereocenters. The fourth-order valence-electron chi connectivity index (χ4n) is 3.03. The second-order valence-electron chi connectivity index (χ2n) is 5.70. The highest BCUT2D eigenvalue weighted by atomic mass is 16.5. The molecule has 0 heterocycles. The average molecular weight is 254 g/mol. The fourth-order valence-corrected chi connectivity index (χ4v) is 3.03. The Morgan fingerprint density at radius 2 is 1.72 bits per heavy atom. The van der Waals surface area contributed by atoms with Gasteiger partial charge >= 0.3 is 0 Å². The molecule has 2 aliphatic carbocycles. The van der Waals surface area contributed by atoms with Crippen LogP contribution in [-0.2, 0) is 9.53 Å². The Bertz CT molecular complexity index is 265.